The first-order chi connectivity index (χ1) is 14.1. The van der Waals surface area contributed by atoms with Crippen molar-refractivity contribution in [3.8, 4) is 5.75 Å². The normalized spacial score (nSPS) is 32.5. The highest BCUT2D eigenvalue weighted by Crippen LogP contribution is 2.46. The van der Waals surface area contributed by atoms with Gasteiger partial charge in [0, 0.05) is 0 Å². The molecule has 1 aromatic rings. The molecule has 162 valence electrons. The second kappa shape index (κ2) is 9.35. The lowest BCUT2D eigenvalue weighted by molar-refractivity contribution is 0.150. The van der Waals surface area contributed by atoms with E-state index in [0.717, 1.165) is 68.3 Å². The molecule has 0 bridgehead atoms. The molecule has 4 rings (SSSR count). The van der Waals surface area contributed by atoms with Crippen molar-refractivity contribution in [3.05, 3.63) is 28.8 Å². The lowest BCUT2D eigenvalue weighted by Gasteiger charge is -2.37. The minimum atomic E-state index is -0.734. The summed E-state index contributed by atoms with van der Waals surface area (Å²) in [6.07, 6.45) is 14.7. The van der Waals surface area contributed by atoms with E-state index in [1.54, 1.807) is 0 Å². The van der Waals surface area contributed by atoms with Crippen molar-refractivity contribution in [1.29, 1.82) is 0 Å². The molecule has 2 saturated carbocycles. The van der Waals surface area contributed by atoms with Crippen molar-refractivity contribution >= 4 is 0 Å². The number of rotatable bonds is 5. The van der Waals surface area contributed by atoms with Crippen LogP contribution in [-0.4, -0.2) is 6.10 Å². The number of aryl methyl sites for hydroxylation is 1. The largest absolute Gasteiger partial charge is 0.487 e. The fourth-order valence-corrected chi connectivity index (χ4v) is 6.13. The number of unbranched alkanes of at least 4 members (excludes halogenated alkanes) is 1. The topological polar surface area (TPSA) is 9.23 Å². The molecule has 0 amide bonds. The SMILES string of the molecule is CCCCC1CCc2cc(C3CCC(C4CCC(C)CC4)CC3)c(F)c(F)c2O1. The summed E-state index contributed by atoms with van der Waals surface area (Å²) < 4.78 is 35.8. The van der Waals surface area contributed by atoms with Crippen molar-refractivity contribution in [2.24, 2.45) is 17.8 Å². The van der Waals surface area contributed by atoms with Crippen molar-refractivity contribution in [2.75, 3.05) is 0 Å². The van der Waals surface area contributed by atoms with Gasteiger partial charge in [-0.25, -0.2) is 4.39 Å². The summed E-state index contributed by atoms with van der Waals surface area (Å²) in [4.78, 5) is 0. The molecule has 1 atom stereocenters. The third-order valence-corrected chi connectivity index (χ3v) is 8.11. The number of hydrogen-bond donors (Lipinski definition) is 0. The van der Waals surface area contributed by atoms with Gasteiger partial charge >= 0.3 is 0 Å². The van der Waals surface area contributed by atoms with Gasteiger partial charge in [0.15, 0.2) is 11.6 Å². The van der Waals surface area contributed by atoms with E-state index in [-0.39, 0.29) is 17.8 Å². The summed E-state index contributed by atoms with van der Waals surface area (Å²) in [7, 11) is 0. The Morgan fingerprint density at radius 1 is 0.897 bits per heavy atom. The zero-order valence-electron chi connectivity index (χ0n) is 18.3. The average molecular weight is 405 g/mol. The Morgan fingerprint density at radius 2 is 1.55 bits per heavy atom. The van der Waals surface area contributed by atoms with Crippen molar-refractivity contribution in [1.82, 2.24) is 0 Å². The van der Waals surface area contributed by atoms with Crippen LogP contribution < -0.4 is 4.74 Å². The van der Waals surface area contributed by atoms with E-state index in [1.807, 2.05) is 6.07 Å². The number of fused-ring (bicyclic) bond motifs is 1. The van der Waals surface area contributed by atoms with E-state index >= 15 is 0 Å². The van der Waals surface area contributed by atoms with Crippen LogP contribution in [0, 0.1) is 29.4 Å². The number of ether oxygens (including phenoxy) is 1. The number of hydrogen-bond acceptors (Lipinski definition) is 1. The number of benzene rings is 1. The smallest absolute Gasteiger partial charge is 0.201 e. The van der Waals surface area contributed by atoms with E-state index in [0.29, 0.717) is 5.56 Å². The molecule has 3 aliphatic rings. The molecule has 1 heterocycles. The first kappa shape index (κ1) is 21.1. The molecular formula is C26H38F2O. The van der Waals surface area contributed by atoms with Crippen LogP contribution in [0.1, 0.15) is 108 Å². The summed E-state index contributed by atoms with van der Waals surface area (Å²) in [6, 6.07) is 1.94. The average Bonchev–Trinajstić information content (AvgIpc) is 2.75. The highest BCUT2D eigenvalue weighted by Gasteiger charge is 2.33. The van der Waals surface area contributed by atoms with E-state index in [4.69, 9.17) is 4.74 Å². The van der Waals surface area contributed by atoms with Crippen LogP contribution in [-0.2, 0) is 6.42 Å². The number of halogens is 2. The molecular weight excluding hydrogens is 366 g/mol. The Kier molecular flexibility index (Phi) is 6.81. The Labute approximate surface area is 175 Å². The minimum absolute atomic E-state index is 0.0378. The van der Waals surface area contributed by atoms with Gasteiger partial charge in [0.05, 0.1) is 6.10 Å². The molecule has 0 spiro atoms. The van der Waals surface area contributed by atoms with Gasteiger partial charge < -0.3 is 4.74 Å². The van der Waals surface area contributed by atoms with Crippen LogP contribution in [0.25, 0.3) is 0 Å². The van der Waals surface area contributed by atoms with Crippen LogP contribution in [0.15, 0.2) is 6.07 Å². The summed E-state index contributed by atoms with van der Waals surface area (Å²) >= 11 is 0. The maximum absolute atomic E-state index is 15.0. The molecule has 2 aliphatic carbocycles. The third kappa shape index (κ3) is 4.64. The molecule has 3 heteroatoms. The molecule has 29 heavy (non-hydrogen) atoms. The van der Waals surface area contributed by atoms with Crippen molar-refractivity contribution in [3.63, 3.8) is 0 Å². The van der Waals surface area contributed by atoms with Gasteiger partial charge in [-0.05, 0) is 98.7 Å². The van der Waals surface area contributed by atoms with E-state index < -0.39 is 11.6 Å². The van der Waals surface area contributed by atoms with Crippen molar-refractivity contribution < 1.29 is 13.5 Å². The molecule has 0 aromatic heterocycles. The van der Waals surface area contributed by atoms with Gasteiger partial charge in [0.1, 0.15) is 0 Å². The monoisotopic (exact) mass is 404 g/mol. The van der Waals surface area contributed by atoms with Gasteiger partial charge in [0.2, 0.25) is 5.82 Å². The Bertz CT molecular complexity index is 684. The fourth-order valence-electron chi connectivity index (χ4n) is 6.13. The van der Waals surface area contributed by atoms with Crippen LogP contribution in [0.4, 0.5) is 8.78 Å². The molecule has 0 N–H and O–H groups in total. The first-order valence-electron chi connectivity index (χ1n) is 12.2. The van der Waals surface area contributed by atoms with Crippen LogP contribution in [0.2, 0.25) is 0 Å². The maximum Gasteiger partial charge on any atom is 0.201 e. The van der Waals surface area contributed by atoms with E-state index in [1.165, 1.54) is 38.5 Å². The molecule has 1 unspecified atom stereocenters. The predicted molar refractivity (Wildman–Crippen MR) is 114 cm³/mol. The molecule has 1 aliphatic heterocycles. The zero-order valence-corrected chi connectivity index (χ0v) is 18.3. The van der Waals surface area contributed by atoms with Crippen LogP contribution in [0.5, 0.6) is 5.75 Å². The summed E-state index contributed by atoms with van der Waals surface area (Å²) in [5, 5.41) is 0. The van der Waals surface area contributed by atoms with Crippen LogP contribution >= 0.6 is 0 Å². The lowest BCUT2D eigenvalue weighted by atomic mass is 9.68. The molecule has 0 radical (unpaired) electrons. The minimum Gasteiger partial charge on any atom is -0.487 e. The Morgan fingerprint density at radius 3 is 2.21 bits per heavy atom. The van der Waals surface area contributed by atoms with Crippen molar-refractivity contribution in [2.45, 2.75) is 109 Å². The summed E-state index contributed by atoms with van der Waals surface area (Å²) in [5.74, 6) is 1.54. The quantitative estimate of drug-likeness (QED) is 0.484. The van der Waals surface area contributed by atoms with Gasteiger partial charge in [-0.3, -0.25) is 0 Å². The Balaban J connectivity index is 1.42. The highest BCUT2D eigenvalue weighted by molar-refractivity contribution is 5.42. The predicted octanol–water partition coefficient (Wildman–Crippen LogP) is 7.95. The zero-order chi connectivity index (χ0) is 20.4. The molecule has 1 nitrogen and oxygen atoms in total. The maximum atomic E-state index is 15.0. The van der Waals surface area contributed by atoms with E-state index in [9.17, 15) is 8.78 Å². The fraction of sp³-hybridized carbons (Fsp3) is 0.769. The highest BCUT2D eigenvalue weighted by atomic mass is 19.2. The van der Waals surface area contributed by atoms with E-state index in [2.05, 4.69) is 13.8 Å². The Hall–Kier alpha value is -1.12. The van der Waals surface area contributed by atoms with Gasteiger partial charge in [-0.1, -0.05) is 39.5 Å². The molecule has 2 fully saturated rings. The molecule has 0 saturated heterocycles. The second-order valence-corrected chi connectivity index (χ2v) is 10.1. The summed E-state index contributed by atoms with van der Waals surface area (Å²) in [5.41, 5.74) is 1.50. The van der Waals surface area contributed by atoms with Gasteiger partial charge in [-0.15, -0.1) is 0 Å². The summed E-state index contributed by atoms with van der Waals surface area (Å²) in [6.45, 7) is 4.52. The molecule has 1 aromatic carbocycles. The lowest BCUT2D eigenvalue weighted by Crippen LogP contribution is -2.26. The standard InChI is InChI=1S/C26H38F2O/c1-3-4-5-22-15-14-21-16-23(24(27)25(28)26(21)29-22)20-12-10-19(11-13-20)18-8-6-17(2)7-9-18/h16-20,22H,3-15H2,1-2H3. The first-order valence-corrected chi connectivity index (χ1v) is 12.2. The second-order valence-electron chi connectivity index (χ2n) is 10.1. The van der Waals surface area contributed by atoms with Gasteiger partial charge in [0.25, 0.3) is 0 Å². The van der Waals surface area contributed by atoms with Crippen LogP contribution in [0.3, 0.4) is 0 Å². The third-order valence-electron chi connectivity index (χ3n) is 8.11. The van der Waals surface area contributed by atoms with Gasteiger partial charge in [-0.2, -0.15) is 4.39 Å².